The highest BCUT2D eigenvalue weighted by Gasteiger charge is 2.28. The number of nitrogens with zero attached hydrogens (tertiary/aromatic N) is 1. The monoisotopic (exact) mass is 309 g/mol. The molecular formula is C16H23NO3S. The fourth-order valence-corrected chi connectivity index (χ4v) is 4.00. The van der Waals surface area contributed by atoms with E-state index < -0.39 is 9.84 Å². The van der Waals surface area contributed by atoms with Gasteiger partial charge in [-0.2, -0.15) is 0 Å². The van der Waals surface area contributed by atoms with Gasteiger partial charge in [-0.3, -0.25) is 4.79 Å². The summed E-state index contributed by atoms with van der Waals surface area (Å²) in [6.07, 6.45) is 3.41. The van der Waals surface area contributed by atoms with Crippen molar-refractivity contribution in [1.82, 2.24) is 4.90 Å². The maximum atomic E-state index is 12.3. The van der Waals surface area contributed by atoms with Crippen molar-refractivity contribution < 1.29 is 13.2 Å². The topological polar surface area (TPSA) is 54.5 Å². The van der Waals surface area contributed by atoms with Crippen molar-refractivity contribution in [3.8, 4) is 0 Å². The molecule has 1 saturated heterocycles. The molecule has 1 fully saturated rings. The van der Waals surface area contributed by atoms with Crippen LogP contribution in [0.4, 0.5) is 0 Å². The van der Waals surface area contributed by atoms with E-state index >= 15 is 0 Å². The van der Waals surface area contributed by atoms with Crippen LogP contribution >= 0.6 is 0 Å². The van der Waals surface area contributed by atoms with Crippen LogP contribution in [0.15, 0.2) is 24.3 Å². The SMILES string of the molecule is CCc1cccc(CC(=O)N2CCC(CS(C)(=O)=O)C2)c1. The Bertz CT molecular complexity index is 610. The van der Waals surface area contributed by atoms with Gasteiger partial charge in [0.15, 0.2) is 0 Å². The third-order valence-electron chi connectivity index (χ3n) is 3.93. The number of aryl methyl sites for hydroxylation is 1. The molecule has 1 aromatic carbocycles. The van der Waals surface area contributed by atoms with Crippen LogP contribution in [0, 0.1) is 5.92 Å². The third kappa shape index (κ3) is 4.84. The highest BCUT2D eigenvalue weighted by molar-refractivity contribution is 7.90. The van der Waals surface area contributed by atoms with E-state index in [1.54, 1.807) is 4.90 Å². The normalized spacial score (nSPS) is 19.0. The second-order valence-electron chi connectivity index (χ2n) is 5.94. The van der Waals surface area contributed by atoms with Crippen molar-refractivity contribution in [1.29, 1.82) is 0 Å². The fraction of sp³-hybridized carbons (Fsp3) is 0.562. The number of carbonyl (C=O) groups is 1. The van der Waals surface area contributed by atoms with Gasteiger partial charge in [-0.25, -0.2) is 8.42 Å². The van der Waals surface area contributed by atoms with Gasteiger partial charge in [-0.15, -0.1) is 0 Å². The molecule has 1 aliphatic rings. The Labute approximate surface area is 127 Å². The fourth-order valence-electron chi connectivity index (χ4n) is 2.87. The van der Waals surface area contributed by atoms with Crippen LogP contribution in [0.25, 0.3) is 0 Å². The standard InChI is InChI=1S/C16H23NO3S/c1-3-13-5-4-6-14(9-13)10-16(18)17-8-7-15(11-17)12-21(2,19)20/h4-6,9,15H,3,7-8,10-12H2,1-2H3. The molecule has 0 aromatic heterocycles. The number of hydrogen-bond donors (Lipinski definition) is 0. The number of rotatable bonds is 5. The van der Waals surface area contributed by atoms with Crippen molar-refractivity contribution in [2.24, 2.45) is 5.92 Å². The van der Waals surface area contributed by atoms with E-state index in [0.29, 0.717) is 19.5 Å². The van der Waals surface area contributed by atoms with Crippen LogP contribution in [-0.2, 0) is 27.5 Å². The summed E-state index contributed by atoms with van der Waals surface area (Å²) in [5, 5.41) is 0. The predicted octanol–water partition coefficient (Wildman–Crippen LogP) is 1.68. The first-order valence-corrected chi connectivity index (χ1v) is 9.46. The molecule has 1 aliphatic heterocycles. The number of likely N-dealkylation sites (tertiary alicyclic amines) is 1. The van der Waals surface area contributed by atoms with Crippen molar-refractivity contribution >= 4 is 15.7 Å². The van der Waals surface area contributed by atoms with Crippen molar-refractivity contribution in [3.63, 3.8) is 0 Å². The van der Waals surface area contributed by atoms with Gasteiger partial charge in [0.05, 0.1) is 12.2 Å². The zero-order valence-corrected chi connectivity index (χ0v) is 13.5. The number of sulfone groups is 1. The largest absolute Gasteiger partial charge is 0.342 e. The molecule has 0 aliphatic carbocycles. The molecule has 0 spiro atoms. The summed E-state index contributed by atoms with van der Waals surface area (Å²) >= 11 is 0. The maximum absolute atomic E-state index is 12.3. The van der Waals surface area contributed by atoms with Crippen LogP contribution in [0.1, 0.15) is 24.5 Å². The van der Waals surface area contributed by atoms with E-state index in [4.69, 9.17) is 0 Å². The maximum Gasteiger partial charge on any atom is 0.226 e. The molecule has 0 bridgehead atoms. The second-order valence-corrected chi connectivity index (χ2v) is 8.12. The number of carbonyl (C=O) groups excluding carboxylic acids is 1. The molecule has 1 unspecified atom stereocenters. The van der Waals surface area contributed by atoms with Gasteiger partial charge in [-0.1, -0.05) is 31.2 Å². The highest BCUT2D eigenvalue weighted by atomic mass is 32.2. The number of amides is 1. The van der Waals surface area contributed by atoms with Crippen LogP contribution in [0.5, 0.6) is 0 Å². The van der Waals surface area contributed by atoms with E-state index in [2.05, 4.69) is 19.1 Å². The Kier molecular flexibility index (Phi) is 5.04. The second kappa shape index (κ2) is 6.60. The molecule has 116 valence electrons. The smallest absolute Gasteiger partial charge is 0.226 e. The third-order valence-corrected chi connectivity index (χ3v) is 5.01. The first-order chi connectivity index (χ1) is 9.87. The van der Waals surface area contributed by atoms with Crippen LogP contribution < -0.4 is 0 Å². The Morgan fingerprint density at radius 3 is 2.71 bits per heavy atom. The summed E-state index contributed by atoms with van der Waals surface area (Å²) in [4.78, 5) is 14.1. The lowest BCUT2D eigenvalue weighted by Gasteiger charge is -2.16. The molecule has 1 amide bonds. The summed E-state index contributed by atoms with van der Waals surface area (Å²) in [6, 6.07) is 8.09. The molecule has 0 saturated carbocycles. The minimum absolute atomic E-state index is 0.0888. The summed E-state index contributed by atoms with van der Waals surface area (Å²) in [7, 11) is -2.96. The van der Waals surface area contributed by atoms with Gasteiger partial charge in [0.2, 0.25) is 5.91 Å². The Morgan fingerprint density at radius 2 is 2.05 bits per heavy atom. The summed E-state index contributed by atoms with van der Waals surface area (Å²) < 4.78 is 22.6. The van der Waals surface area contributed by atoms with Crippen molar-refractivity contribution in [2.45, 2.75) is 26.2 Å². The average Bonchev–Trinajstić information content (AvgIpc) is 2.85. The lowest BCUT2D eigenvalue weighted by atomic mass is 10.1. The lowest BCUT2D eigenvalue weighted by molar-refractivity contribution is -0.129. The van der Waals surface area contributed by atoms with E-state index in [-0.39, 0.29) is 17.6 Å². The molecule has 1 atom stereocenters. The van der Waals surface area contributed by atoms with Gasteiger partial charge in [0, 0.05) is 19.3 Å². The predicted molar refractivity (Wildman–Crippen MR) is 83.9 cm³/mol. The quantitative estimate of drug-likeness (QED) is 0.831. The zero-order valence-electron chi connectivity index (χ0n) is 12.7. The molecule has 0 radical (unpaired) electrons. The highest BCUT2D eigenvalue weighted by Crippen LogP contribution is 2.19. The molecular weight excluding hydrogens is 286 g/mol. The Morgan fingerprint density at radius 1 is 1.33 bits per heavy atom. The first kappa shape index (κ1) is 16.0. The zero-order chi connectivity index (χ0) is 15.5. The molecule has 21 heavy (non-hydrogen) atoms. The summed E-state index contributed by atoms with van der Waals surface area (Å²) in [6.45, 7) is 3.34. The number of hydrogen-bond acceptors (Lipinski definition) is 3. The van der Waals surface area contributed by atoms with Gasteiger partial charge in [0.25, 0.3) is 0 Å². The van der Waals surface area contributed by atoms with E-state index in [1.165, 1.54) is 11.8 Å². The summed E-state index contributed by atoms with van der Waals surface area (Å²) in [5.74, 6) is 0.368. The molecule has 4 nitrogen and oxygen atoms in total. The molecule has 0 N–H and O–H groups in total. The van der Waals surface area contributed by atoms with Crippen LogP contribution in [-0.4, -0.2) is 44.3 Å². The van der Waals surface area contributed by atoms with Gasteiger partial charge < -0.3 is 4.90 Å². The molecule has 1 aromatic rings. The minimum Gasteiger partial charge on any atom is -0.342 e. The summed E-state index contributed by atoms with van der Waals surface area (Å²) in [5.41, 5.74) is 2.27. The Hall–Kier alpha value is -1.36. The van der Waals surface area contributed by atoms with Crippen LogP contribution in [0.3, 0.4) is 0 Å². The molecule has 1 heterocycles. The molecule has 5 heteroatoms. The Balaban J connectivity index is 1.92. The average molecular weight is 309 g/mol. The first-order valence-electron chi connectivity index (χ1n) is 7.40. The molecule has 2 rings (SSSR count). The van der Waals surface area contributed by atoms with Crippen LogP contribution in [0.2, 0.25) is 0 Å². The minimum atomic E-state index is -2.96. The van der Waals surface area contributed by atoms with E-state index in [9.17, 15) is 13.2 Å². The van der Waals surface area contributed by atoms with Gasteiger partial charge in [-0.05, 0) is 29.9 Å². The van der Waals surface area contributed by atoms with Crippen molar-refractivity contribution in [2.75, 3.05) is 25.1 Å². The number of benzene rings is 1. The van der Waals surface area contributed by atoms with Gasteiger partial charge in [0.1, 0.15) is 9.84 Å². The van der Waals surface area contributed by atoms with Gasteiger partial charge >= 0.3 is 0 Å². The van der Waals surface area contributed by atoms with E-state index in [1.807, 2.05) is 12.1 Å². The lowest BCUT2D eigenvalue weighted by Crippen LogP contribution is -2.31. The van der Waals surface area contributed by atoms with Crippen molar-refractivity contribution in [3.05, 3.63) is 35.4 Å². The van der Waals surface area contributed by atoms with E-state index in [0.717, 1.165) is 18.4 Å².